The lowest BCUT2D eigenvalue weighted by Crippen LogP contribution is -2.36. The van der Waals surface area contributed by atoms with Gasteiger partial charge in [0.15, 0.2) is 6.29 Å². The minimum Gasteiger partial charge on any atom is -0.309 e. The highest BCUT2D eigenvalue weighted by molar-refractivity contribution is 7.13. The van der Waals surface area contributed by atoms with E-state index in [-0.39, 0.29) is 0 Å². The lowest BCUT2D eigenvalue weighted by Gasteiger charge is -2.33. The van der Waals surface area contributed by atoms with E-state index in [0.717, 1.165) is 23.6 Å². The summed E-state index contributed by atoms with van der Waals surface area (Å²) in [7, 11) is 0. The molecule has 0 amide bonds. The summed E-state index contributed by atoms with van der Waals surface area (Å²) in [4.78, 5) is 12.8. The lowest BCUT2D eigenvalue weighted by molar-refractivity contribution is 0.112. The third kappa shape index (κ3) is 2.29. The zero-order valence-electron chi connectivity index (χ0n) is 9.19. The topological polar surface area (TPSA) is 29.1 Å². The fourth-order valence-electron chi connectivity index (χ4n) is 2.36. The van der Waals surface area contributed by atoms with E-state index in [4.69, 9.17) is 0 Å². The van der Waals surface area contributed by atoms with Crippen LogP contribution in [-0.2, 0) is 0 Å². The van der Waals surface area contributed by atoms with Crippen LogP contribution in [0.3, 0.4) is 0 Å². The van der Waals surface area contributed by atoms with Crippen LogP contribution in [0.1, 0.15) is 40.9 Å². The van der Waals surface area contributed by atoms with Crippen LogP contribution in [0.15, 0.2) is 12.1 Å². The third-order valence-corrected chi connectivity index (χ3v) is 4.19. The molecular weight excluding hydrogens is 206 g/mol. The van der Waals surface area contributed by atoms with Crippen molar-refractivity contribution in [3.63, 3.8) is 0 Å². The van der Waals surface area contributed by atoms with E-state index in [0.29, 0.717) is 12.0 Å². The summed E-state index contributed by atoms with van der Waals surface area (Å²) in [6.07, 6.45) is 2.20. The van der Waals surface area contributed by atoms with Gasteiger partial charge in [0, 0.05) is 10.9 Å². The molecular formula is C12H17NOS. The summed E-state index contributed by atoms with van der Waals surface area (Å²) in [6.45, 7) is 5.65. The highest BCUT2D eigenvalue weighted by atomic mass is 32.1. The normalized spacial score (nSPS) is 31.5. The van der Waals surface area contributed by atoms with Crippen molar-refractivity contribution in [2.24, 2.45) is 11.8 Å². The van der Waals surface area contributed by atoms with Crippen molar-refractivity contribution in [2.75, 3.05) is 6.54 Å². The minimum absolute atomic E-state index is 0.444. The molecule has 1 N–H and O–H groups in total. The zero-order valence-corrected chi connectivity index (χ0v) is 10.0. The van der Waals surface area contributed by atoms with E-state index >= 15 is 0 Å². The van der Waals surface area contributed by atoms with Crippen LogP contribution in [-0.4, -0.2) is 12.8 Å². The van der Waals surface area contributed by atoms with E-state index in [9.17, 15) is 4.79 Å². The largest absolute Gasteiger partial charge is 0.309 e. The predicted octanol–water partition coefficient (Wildman–Crippen LogP) is 2.87. The first-order valence-corrected chi connectivity index (χ1v) is 6.30. The van der Waals surface area contributed by atoms with Crippen molar-refractivity contribution in [3.8, 4) is 0 Å². The molecule has 0 bridgehead atoms. The summed E-state index contributed by atoms with van der Waals surface area (Å²) in [5, 5.41) is 3.57. The molecule has 2 rings (SSSR count). The van der Waals surface area contributed by atoms with Crippen LogP contribution in [0.25, 0.3) is 0 Å². The number of rotatable bonds is 2. The fourth-order valence-corrected chi connectivity index (χ4v) is 3.40. The number of thiophene rings is 1. The molecule has 1 aromatic rings. The summed E-state index contributed by atoms with van der Waals surface area (Å²) >= 11 is 1.61. The molecule has 0 saturated carbocycles. The average Bonchev–Trinajstić information content (AvgIpc) is 2.66. The van der Waals surface area contributed by atoms with E-state index in [1.165, 1.54) is 11.3 Å². The van der Waals surface area contributed by atoms with Gasteiger partial charge in [0.25, 0.3) is 0 Å². The quantitative estimate of drug-likeness (QED) is 0.781. The maximum Gasteiger partial charge on any atom is 0.160 e. The van der Waals surface area contributed by atoms with Crippen LogP contribution < -0.4 is 5.32 Å². The molecule has 0 spiro atoms. The molecule has 2 nitrogen and oxygen atoms in total. The lowest BCUT2D eigenvalue weighted by atomic mass is 9.86. The van der Waals surface area contributed by atoms with Gasteiger partial charge in [0.1, 0.15) is 0 Å². The highest BCUT2D eigenvalue weighted by Crippen LogP contribution is 2.34. The average molecular weight is 223 g/mol. The molecule has 0 radical (unpaired) electrons. The van der Waals surface area contributed by atoms with E-state index < -0.39 is 0 Å². The van der Waals surface area contributed by atoms with Gasteiger partial charge in [-0.15, -0.1) is 11.3 Å². The van der Waals surface area contributed by atoms with E-state index in [1.807, 2.05) is 6.07 Å². The van der Waals surface area contributed by atoms with Gasteiger partial charge in [0.2, 0.25) is 0 Å². The van der Waals surface area contributed by atoms with Crippen LogP contribution in [0.2, 0.25) is 0 Å². The number of carbonyl (C=O) groups is 1. The SMILES string of the molecule is CC1CNC(c2ccc(C=O)s2)C(C)C1. The molecule has 0 aliphatic carbocycles. The molecule has 15 heavy (non-hydrogen) atoms. The number of carbonyl (C=O) groups excluding carboxylic acids is 1. The standard InChI is InChI=1S/C12H17NOS/c1-8-5-9(2)12(13-6-8)11-4-3-10(7-14)15-11/h3-4,7-9,12-13H,5-6H2,1-2H3. The molecule has 82 valence electrons. The monoisotopic (exact) mass is 223 g/mol. The van der Waals surface area contributed by atoms with Crippen molar-refractivity contribution >= 4 is 17.6 Å². The molecule has 1 aromatic heterocycles. The number of aldehydes is 1. The van der Waals surface area contributed by atoms with Gasteiger partial charge in [-0.1, -0.05) is 13.8 Å². The first-order valence-electron chi connectivity index (χ1n) is 5.49. The number of hydrogen-bond donors (Lipinski definition) is 1. The minimum atomic E-state index is 0.444. The van der Waals surface area contributed by atoms with Gasteiger partial charge in [-0.3, -0.25) is 4.79 Å². The van der Waals surface area contributed by atoms with Gasteiger partial charge >= 0.3 is 0 Å². The fraction of sp³-hybridized carbons (Fsp3) is 0.583. The van der Waals surface area contributed by atoms with Gasteiger partial charge in [-0.25, -0.2) is 0 Å². The molecule has 3 heteroatoms. The maximum atomic E-state index is 10.6. The Kier molecular flexibility index (Phi) is 3.22. The smallest absolute Gasteiger partial charge is 0.160 e. The molecule has 1 fully saturated rings. The van der Waals surface area contributed by atoms with Crippen molar-refractivity contribution in [1.82, 2.24) is 5.32 Å². The molecule has 1 saturated heterocycles. The summed E-state index contributed by atoms with van der Waals surface area (Å²) in [5.41, 5.74) is 0. The van der Waals surface area contributed by atoms with E-state index in [2.05, 4.69) is 25.2 Å². The van der Waals surface area contributed by atoms with Crippen molar-refractivity contribution in [1.29, 1.82) is 0 Å². The van der Waals surface area contributed by atoms with Crippen LogP contribution in [0.4, 0.5) is 0 Å². The van der Waals surface area contributed by atoms with Crippen LogP contribution in [0.5, 0.6) is 0 Å². The summed E-state index contributed by atoms with van der Waals surface area (Å²) in [6, 6.07) is 4.44. The number of nitrogens with one attached hydrogen (secondary N) is 1. The first kappa shape index (κ1) is 10.8. The van der Waals surface area contributed by atoms with Gasteiger partial charge in [-0.05, 0) is 36.9 Å². The Morgan fingerprint density at radius 2 is 2.27 bits per heavy atom. The highest BCUT2D eigenvalue weighted by Gasteiger charge is 2.26. The van der Waals surface area contributed by atoms with E-state index in [1.54, 1.807) is 11.3 Å². The first-order chi connectivity index (χ1) is 7.20. The van der Waals surface area contributed by atoms with Gasteiger partial charge in [-0.2, -0.15) is 0 Å². The van der Waals surface area contributed by atoms with Crippen molar-refractivity contribution < 1.29 is 4.79 Å². The van der Waals surface area contributed by atoms with Crippen molar-refractivity contribution in [2.45, 2.75) is 26.3 Å². The van der Waals surface area contributed by atoms with Gasteiger partial charge in [0.05, 0.1) is 4.88 Å². The Balaban J connectivity index is 2.12. The Hall–Kier alpha value is -0.670. The Labute approximate surface area is 94.7 Å². The molecule has 3 atom stereocenters. The molecule has 2 heterocycles. The summed E-state index contributed by atoms with van der Waals surface area (Å²) < 4.78 is 0. The maximum absolute atomic E-state index is 10.6. The zero-order chi connectivity index (χ0) is 10.8. The Morgan fingerprint density at radius 1 is 1.47 bits per heavy atom. The second-order valence-corrected chi connectivity index (χ2v) is 5.71. The van der Waals surface area contributed by atoms with Gasteiger partial charge < -0.3 is 5.32 Å². The number of hydrogen-bond acceptors (Lipinski definition) is 3. The molecule has 1 aliphatic heterocycles. The third-order valence-electron chi connectivity index (χ3n) is 3.10. The van der Waals surface area contributed by atoms with Crippen molar-refractivity contribution in [3.05, 3.63) is 21.9 Å². The predicted molar refractivity (Wildman–Crippen MR) is 63.4 cm³/mol. The molecule has 1 aliphatic rings. The number of piperidine rings is 1. The molecule has 3 unspecified atom stereocenters. The Bertz CT molecular complexity index is 347. The van der Waals surface area contributed by atoms with Crippen LogP contribution in [0, 0.1) is 11.8 Å². The molecule has 0 aromatic carbocycles. The van der Waals surface area contributed by atoms with Crippen LogP contribution >= 0.6 is 11.3 Å². The summed E-state index contributed by atoms with van der Waals surface area (Å²) in [5.74, 6) is 1.42. The Morgan fingerprint density at radius 3 is 2.87 bits per heavy atom. The second-order valence-electron chi connectivity index (χ2n) is 4.56. The second kappa shape index (κ2) is 4.45.